The number of aromatic amines is 1. The molecule has 2 aliphatic rings. The van der Waals surface area contributed by atoms with Gasteiger partial charge >= 0.3 is 5.69 Å². The van der Waals surface area contributed by atoms with Crippen LogP contribution in [-0.2, 0) is 13.0 Å². The van der Waals surface area contributed by atoms with E-state index >= 15 is 0 Å². The van der Waals surface area contributed by atoms with Crippen LogP contribution in [0.3, 0.4) is 0 Å². The topological polar surface area (TPSA) is 102 Å². The quantitative estimate of drug-likeness (QED) is 0.691. The Balaban J connectivity index is 1.44. The Labute approximate surface area is 167 Å². The minimum absolute atomic E-state index is 0.192. The van der Waals surface area contributed by atoms with Crippen LogP contribution in [0.4, 0.5) is 0 Å². The number of H-pyrrole nitrogens is 1. The van der Waals surface area contributed by atoms with Gasteiger partial charge in [-0.1, -0.05) is 12.1 Å². The smallest absolute Gasteiger partial charge is 0.330 e. The standard InChI is InChI=1S/C21H23N5O3/c1-29-16-4-2-3-14-13(16)6-5-12-11-24-15(17(12)14)7-10-26-20(27)18-19(25-21(26)28)23-9-8-22-18/h2-4,8-9,12,15,17,24H,5-7,10-11H2,1H3,(H,23,25,28)/t12-,15?,17+/m0/s1. The summed E-state index contributed by atoms with van der Waals surface area (Å²) in [6.45, 7) is 1.29. The van der Waals surface area contributed by atoms with Gasteiger partial charge in [0.05, 0.1) is 7.11 Å². The molecule has 8 nitrogen and oxygen atoms in total. The highest BCUT2D eigenvalue weighted by atomic mass is 16.5. The Hall–Kier alpha value is -3.00. The predicted molar refractivity (Wildman–Crippen MR) is 108 cm³/mol. The number of nitrogens with zero attached hydrogens (tertiary/aromatic N) is 3. The average molecular weight is 393 g/mol. The van der Waals surface area contributed by atoms with Crippen LogP contribution in [0.2, 0.25) is 0 Å². The summed E-state index contributed by atoms with van der Waals surface area (Å²) in [5.41, 5.74) is 2.21. The van der Waals surface area contributed by atoms with E-state index in [9.17, 15) is 9.59 Å². The minimum atomic E-state index is -0.441. The molecule has 0 spiro atoms. The molecule has 150 valence electrons. The van der Waals surface area contributed by atoms with Gasteiger partial charge < -0.3 is 10.1 Å². The van der Waals surface area contributed by atoms with Crippen LogP contribution in [0.25, 0.3) is 11.2 Å². The predicted octanol–water partition coefficient (Wildman–Crippen LogP) is 1.20. The van der Waals surface area contributed by atoms with E-state index in [1.807, 2.05) is 12.1 Å². The van der Waals surface area contributed by atoms with E-state index in [1.165, 1.54) is 28.1 Å². The molecule has 1 aliphatic carbocycles. The zero-order valence-corrected chi connectivity index (χ0v) is 16.2. The number of hydrogen-bond acceptors (Lipinski definition) is 6. The number of aromatic nitrogens is 4. The maximum absolute atomic E-state index is 12.7. The van der Waals surface area contributed by atoms with Gasteiger partial charge in [-0.3, -0.25) is 14.3 Å². The van der Waals surface area contributed by atoms with Gasteiger partial charge in [-0.25, -0.2) is 14.8 Å². The first-order valence-electron chi connectivity index (χ1n) is 10.0. The van der Waals surface area contributed by atoms with E-state index in [1.54, 1.807) is 7.11 Å². The number of benzene rings is 1. The van der Waals surface area contributed by atoms with Crippen molar-refractivity contribution in [3.63, 3.8) is 0 Å². The summed E-state index contributed by atoms with van der Waals surface area (Å²) in [4.78, 5) is 35.9. The average Bonchev–Trinajstić information content (AvgIpc) is 3.16. The molecule has 3 aromatic rings. The lowest BCUT2D eigenvalue weighted by Crippen LogP contribution is -2.38. The summed E-state index contributed by atoms with van der Waals surface area (Å²) in [5.74, 6) is 1.88. The first-order chi connectivity index (χ1) is 14.2. The molecule has 1 saturated heterocycles. The fourth-order valence-corrected chi connectivity index (χ4v) is 5.05. The Morgan fingerprint density at radius 2 is 2.10 bits per heavy atom. The van der Waals surface area contributed by atoms with Crippen molar-refractivity contribution in [1.29, 1.82) is 0 Å². The molecule has 2 aromatic heterocycles. The first-order valence-corrected chi connectivity index (χ1v) is 10.0. The molecule has 2 N–H and O–H groups in total. The Bertz CT molecular complexity index is 1180. The lowest BCUT2D eigenvalue weighted by molar-refractivity contribution is 0.371. The van der Waals surface area contributed by atoms with E-state index in [2.05, 4.69) is 26.3 Å². The molecule has 1 unspecified atom stereocenters. The van der Waals surface area contributed by atoms with Crippen LogP contribution in [-0.4, -0.2) is 39.2 Å². The third-order valence-electron chi connectivity index (χ3n) is 6.38. The van der Waals surface area contributed by atoms with Crippen molar-refractivity contribution >= 4 is 11.2 Å². The molecule has 1 fully saturated rings. The lowest BCUT2D eigenvalue weighted by atomic mass is 9.73. The minimum Gasteiger partial charge on any atom is -0.496 e. The third-order valence-corrected chi connectivity index (χ3v) is 6.38. The van der Waals surface area contributed by atoms with Crippen LogP contribution in [0.1, 0.15) is 29.9 Å². The van der Waals surface area contributed by atoms with Crippen LogP contribution in [0, 0.1) is 5.92 Å². The van der Waals surface area contributed by atoms with Crippen molar-refractivity contribution in [2.45, 2.75) is 37.8 Å². The van der Waals surface area contributed by atoms with Gasteiger partial charge in [-0.15, -0.1) is 0 Å². The van der Waals surface area contributed by atoms with Crippen LogP contribution < -0.4 is 21.3 Å². The van der Waals surface area contributed by atoms with Gasteiger partial charge in [0.25, 0.3) is 5.56 Å². The highest BCUT2D eigenvalue weighted by Crippen LogP contribution is 2.45. The van der Waals surface area contributed by atoms with Crippen molar-refractivity contribution in [3.8, 4) is 5.75 Å². The Morgan fingerprint density at radius 3 is 2.97 bits per heavy atom. The molecule has 0 saturated carbocycles. The molecule has 1 aromatic carbocycles. The van der Waals surface area contributed by atoms with E-state index in [-0.39, 0.29) is 17.2 Å². The molecule has 29 heavy (non-hydrogen) atoms. The highest BCUT2D eigenvalue weighted by Gasteiger charge is 2.40. The molecule has 3 heterocycles. The largest absolute Gasteiger partial charge is 0.496 e. The van der Waals surface area contributed by atoms with E-state index in [0.29, 0.717) is 24.8 Å². The van der Waals surface area contributed by atoms with Crippen molar-refractivity contribution in [1.82, 2.24) is 24.8 Å². The van der Waals surface area contributed by atoms with Crippen molar-refractivity contribution < 1.29 is 4.74 Å². The number of rotatable bonds is 4. The Morgan fingerprint density at radius 1 is 1.24 bits per heavy atom. The van der Waals surface area contributed by atoms with Crippen molar-refractivity contribution in [2.24, 2.45) is 5.92 Å². The molecule has 8 heteroatoms. The van der Waals surface area contributed by atoms with Gasteiger partial charge in [0.2, 0.25) is 0 Å². The van der Waals surface area contributed by atoms with Gasteiger partial charge in [-0.2, -0.15) is 0 Å². The van der Waals surface area contributed by atoms with E-state index < -0.39 is 11.2 Å². The molecular formula is C21H23N5O3. The van der Waals surface area contributed by atoms with Gasteiger partial charge in [-0.05, 0) is 48.9 Å². The SMILES string of the molecule is COc1cccc2c1CC[C@H]1CNC(CCn3c(=O)[nH]c4nccnc4c3=O)[C@@H]21. The second kappa shape index (κ2) is 7.11. The van der Waals surface area contributed by atoms with E-state index in [0.717, 1.165) is 25.1 Å². The van der Waals surface area contributed by atoms with Crippen LogP contribution in [0.5, 0.6) is 5.75 Å². The van der Waals surface area contributed by atoms with Crippen molar-refractivity contribution in [3.05, 3.63) is 62.6 Å². The zero-order valence-electron chi connectivity index (χ0n) is 16.2. The van der Waals surface area contributed by atoms with Crippen molar-refractivity contribution in [2.75, 3.05) is 13.7 Å². The maximum atomic E-state index is 12.7. The number of fused-ring (bicyclic) bond motifs is 4. The summed E-state index contributed by atoms with van der Waals surface area (Å²) in [5, 5.41) is 3.63. The first kappa shape index (κ1) is 18.1. The van der Waals surface area contributed by atoms with Gasteiger partial charge in [0.15, 0.2) is 11.2 Å². The summed E-state index contributed by atoms with van der Waals surface area (Å²) in [6, 6.07) is 6.47. The number of methoxy groups -OCH3 is 1. The summed E-state index contributed by atoms with van der Waals surface area (Å²) in [6.07, 6.45) is 5.75. The monoisotopic (exact) mass is 393 g/mol. The molecule has 0 amide bonds. The third kappa shape index (κ3) is 2.95. The van der Waals surface area contributed by atoms with Gasteiger partial charge in [0, 0.05) is 30.9 Å². The second-order valence-corrected chi connectivity index (χ2v) is 7.80. The number of nitrogens with one attached hydrogen (secondary N) is 2. The fourth-order valence-electron chi connectivity index (χ4n) is 5.05. The molecular weight excluding hydrogens is 370 g/mol. The summed E-state index contributed by atoms with van der Waals surface area (Å²) < 4.78 is 6.81. The normalized spacial score (nSPS) is 23.0. The molecule has 0 bridgehead atoms. The molecule has 1 aliphatic heterocycles. The molecule has 5 rings (SSSR count). The summed E-state index contributed by atoms with van der Waals surface area (Å²) >= 11 is 0. The summed E-state index contributed by atoms with van der Waals surface area (Å²) in [7, 11) is 1.72. The highest BCUT2D eigenvalue weighted by molar-refractivity contribution is 5.66. The zero-order chi connectivity index (χ0) is 20.0. The maximum Gasteiger partial charge on any atom is 0.330 e. The number of ether oxygens (including phenoxy) is 1. The fraction of sp³-hybridized carbons (Fsp3) is 0.429. The van der Waals surface area contributed by atoms with E-state index in [4.69, 9.17) is 4.74 Å². The number of hydrogen-bond donors (Lipinski definition) is 2. The Kier molecular flexibility index (Phi) is 4.43. The van der Waals surface area contributed by atoms with Crippen LogP contribution >= 0.6 is 0 Å². The molecule has 3 atom stereocenters. The molecule has 0 radical (unpaired) electrons. The van der Waals surface area contributed by atoms with Gasteiger partial charge in [0.1, 0.15) is 5.75 Å². The second-order valence-electron chi connectivity index (χ2n) is 7.80. The van der Waals surface area contributed by atoms with Crippen LogP contribution in [0.15, 0.2) is 40.2 Å². The lowest BCUT2D eigenvalue weighted by Gasteiger charge is -2.32.